The molecule has 0 aromatic carbocycles. The normalized spacial score (nSPS) is 16.6. The summed E-state index contributed by atoms with van der Waals surface area (Å²) in [7, 11) is 0. The highest BCUT2D eigenvalue weighted by molar-refractivity contribution is 5.79. The molecule has 1 aliphatic rings. The van der Waals surface area contributed by atoms with E-state index in [-0.39, 0.29) is 6.04 Å². The molecule has 1 fully saturated rings. The highest BCUT2D eigenvalue weighted by Crippen LogP contribution is 2.35. The first-order valence-electron chi connectivity index (χ1n) is 5.53. The number of carboxylic acids is 1. The molecule has 1 unspecified atom stereocenters. The van der Waals surface area contributed by atoms with E-state index in [0.29, 0.717) is 23.4 Å². The molecule has 1 heterocycles. The van der Waals surface area contributed by atoms with Gasteiger partial charge in [-0.15, -0.1) is 0 Å². The van der Waals surface area contributed by atoms with Gasteiger partial charge in [-0.2, -0.15) is 5.10 Å². The molecule has 1 atom stereocenters. The van der Waals surface area contributed by atoms with Crippen molar-refractivity contribution in [3.8, 4) is 0 Å². The number of carbonyl (C=O) groups is 2. The number of carbonyl (C=O) groups excluding carboxylic acids is 1. The van der Waals surface area contributed by atoms with Crippen molar-refractivity contribution in [3.63, 3.8) is 0 Å². The van der Waals surface area contributed by atoms with Crippen LogP contribution >= 0.6 is 0 Å². The molecule has 0 bridgehead atoms. The lowest BCUT2D eigenvalue weighted by Gasteiger charge is -2.25. The van der Waals surface area contributed by atoms with Gasteiger partial charge in [0.15, 0.2) is 6.04 Å². The van der Waals surface area contributed by atoms with Crippen LogP contribution < -0.4 is 0 Å². The average molecular weight is 237 g/mol. The number of rotatable bonds is 5. The SMILES string of the molecule is Cc1n[nH]c(C)c1C(C(=O)O)N(C=O)C1CC1. The molecule has 17 heavy (non-hydrogen) atoms. The van der Waals surface area contributed by atoms with Gasteiger partial charge in [0.2, 0.25) is 6.41 Å². The Morgan fingerprint density at radius 2 is 2.24 bits per heavy atom. The van der Waals surface area contributed by atoms with Crippen LogP contribution in [0.5, 0.6) is 0 Å². The molecule has 0 radical (unpaired) electrons. The number of aliphatic carboxylic acids is 1. The van der Waals surface area contributed by atoms with Crippen molar-refractivity contribution in [2.24, 2.45) is 0 Å². The Bertz CT molecular complexity index is 431. The first-order chi connectivity index (χ1) is 8.06. The van der Waals surface area contributed by atoms with Crippen molar-refractivity contribution >= 4 is 12.4 Å². The third kappa shape index (κ3) is 2.02. The van der Waals surface area contributed by atoms with E-state index in [1.807, 2.05) is 0 Å². The van der Waals surface area contributed by atoms with Crippen LogP contribution in [0.3, 0.4) is 0 Å². The predicted molar refractivity (Wildman–Crippen MR) is 59.4 cm³/mol. The summed E-state index contributed by atoms with van der Waals surface area (Å²) >= 11 is 0. The molecule has 2 rings (SSSR count). The smallest absolute Gasteiger partial charge is 0.331 e. The second-order valence-corrected chi connectivity index (χ2v) is 4.37. The van der Waals surface area contributed by atoms with E-state index < -0.39 is 12.0 Å². The highest BCUT2D eigenvalue weighted by Gasteiger charge is 2.39. The molecular formula is C11H15N3O3. The van der Waals surface area contributed by atoms with Crippen molar-refractivity contribution in [3.05, 3.63) is 17.0 Å². The number of nitrogens with zero attached hydrogens (tertiary/aromatic N) is 2. The molecule has 0 aliphatic heterocycles. The average Bonchev–Trinajstić information content (AvgIpc) is 3.05. The molecule has 0 saturated heterocycles. The number of hydrogen-bond donors (Lipinski definition) is 2. The number of hydrogen-bond acceptors (Lipinski definition) is 3. The molecule has 0 spiro atoms. The van der Waals surface area contributed by atoms with Crippen molar-refractivity contribution < 1.29 is 14.7 Å². The lowest BCUT2D eigenvalue weighted by Crippen LogP contribution is -2.35. The molecule has 1 amide bonds. The maximum atomic E-state index is 11.4. The van der Waals surface area contributed by atoms with Crippen LogP contribution in [0.25, 0.3) is 0 Å². The predicted octanol–water partition coefficient (Wildman–Crippen LogP) is 0.773. The van der Waals surface area contributed by atoms with Gasteiger partial charge in [0.25, 0.3) is 0 Å². The van der Waals surface area contributed by atoms with Crippen molar-refractivity contribution in [1.82, 2.24) is 15.1 Å². The third-order valence-corrected chi connectivity index (χ3v) is 3.08. The first-order valence-corrected chi connectivity index (χ1v) is 5.53. The van der Waals surface area contributed by atoms with E-state index in [0.717, 1.165) is 12.8 Å². The number of aromatic amines is 1. The summed E-state index contributed by atoms with van der Waals surface area (Å²) < 4.78 is 0. The Morgan fingerprint density at radius 3 is 2.59 bits per heavy atom. The van der Waals surface area contributed by atoms with Gasteiger partial charge in [0.1, 0.15) is 0 Å². The Balaban J connectivity index is 2.41. The largest absolute Gasteiger partial charge is 0.479 e. The zero-order chi connectivity index (χ0) is 12.6. The van der Waals surface area contributed by atoms with Crippen LogP contribution in [0.4, 0.5) is 0 Å². The monoisotopic (exact) mass is 237 g/mol. The number of aryl methyl sites for hydroxylation is 2. The van der Waals surface area contributed by atoms with Crippen LogP contribution in [-0.4, -0.2) is 38.6 Å². The third-order valence-electron chi connectivity index (χ3n) is 3.08. The summed E-state index contributed by atoms with van der Waals surface area (Å²) in [5.74, 6) is -1.02. The Kier molecular flexibility index (Phi) is 2.87. The number of aromatic nitrogens is 2. The van der Waals surface area contributed by atoms with Gasteiger partial charge < -0.3 is 10.0 Å². The van der Waals surface area contributed by atoms with Gasteiger partial charge in [-0.1, -0.05) is 0 Å². The molecule has 1 aromatic heterocycles. The lowest BCUT2D eigenvalue weighted by atomic mass is 10.0. The van der Waals surface area contributed by atoms with E-state index in [9.17, 15) is 14.7 Å². The van der Waals surface area contributed by atoms with Crippen LogP contribution in [0.2, 0.25) is 0 Å². The minimum Gasteiger partial charge on any atom is -0.479 e. The summed E-state index contributed by atoms with van der Waals surface area (Å²) in [5.41, 5.74) is 1.92. The fraction of sp³-hybridized carbons (Fsp3) is 0.545. The quantitative estimate of drug-likeness (QED) is 0.741. The van der Waals surface area contributed by atoms with Crippen molar-refractivity contribution in [2.75, 3.05) is 0 Å². The summed E-state index contributed by atoms with van der Waals surface area (Å²) in [4.78, 5) is 23.9. The number of H-pyrrole nitrogens is 1. The maximum absolute atomic E-state index is 11.4. The van der Waals surface area contributed by atoms with E-state index >= 15 is 0 Å². The maximum Gasteiger partial charge on any atom is 0.331 e. The van der Waals surface area contributed by atoms with E-state index in [1.54, 1.807) is 13.8 Å². The minimum absolute atomic E-state index is 0.0577. The number of carboxylic acid groups (broad SMARTS) is 1. The zero-order valence-electron chi connectivity index (χ0n) is 9.80. The summed E-state index contributed by atoms with van der Waals surface area (Å²) in [6.45, 7) is 3.51. The first kappa shape index (κ1) is 11.6. The molecule has 1 aliphatic carbocycles. The summed E-state index contributed by atoms with van der Waals surface area (Å²) in [5, 5.41) is 16.1. The molecule has 92 valence electrons. The van der Waals surface area contributed by atoms with Crippen LogP contribution in [-0.2, 0) is 9.59 Å². The lowest BCUT2D eigenvalue weighted by molar-refractivity contribution is -0.147. The summed E-state index contributed by atoms with van der Waals surface area (Å²) in [6.07, 6.45) is 2.37. The fourth-order valence-corrected chi connectivity index (χ4v) is 2.09. The molecule has 6 heteroatoms. The molecule has 2 N–H and O–H groups in total. The topological polar surface area (TPSA) is 86.3 Å². The highest BCUT2D eigenvalue weighted by atomic mass is 16.4. The van der Waals surface area contributed by atoms with Gasteiger partial charge in [-0.3, -0.25) is 9.89 Å². The van der Waals surface area contributed by atoms with Crippen molar-refractivity contribution in [1.29, 1.82) is 0 Å². The van der Waals surface area contributed by atoms with Gasteiger partial charge in [0, 0.05) is 17.3 Å². The standard InChI is InChI=1S/C11H15N3O3/c1-6-9(7(2)13-12-6)10(11(16)17)14(5-15)8-3-4-8/h5,8,10H,3-4H2,1-2H3,(H,12,13)(H,16,17). The fourth-order valence-electron chi connectivity index (χ4n) is 2.09. The second kappa shape index (κ2) is 4.20. The molecular weight excluding hydrogens is 222 g/mol. The molecule has 1 aromatic rings. The van der Waals surface area contributed by atoms with Crippen LogP contribution in [0.1, 0.15) is 35.8 Å². The Labute approximate surface area is 98.6 Å². The van der Waals surface area contributed by atoms with Gasteiger partial charge in [-0.25, -0.2) is 4.79 Å². The van der Waals surface area contributed by atoms with Gasteiger partial charge >= 0.3 is 5.97 Å². The van der Waals surface area contributed by atoms with E-state index in [4.69, 9.17) is 0 Å². The molecule has 6 nitrogen and oxygen atoms in total. The van der Waals surface area contributed by atoms with Crippen LogP contribution in [0, 0.1) is 13.8 Å². The second-order valence-electron chi connectivity index (χ2n) is 4.37. The minimum atomic E-state index is -1.02. The van der Waals surface area contributed by atoms with Gasteiger partial charge in [-0.05, 0) is 26.7 Å². The van der Waals surface area contributed by atoms with Crippen molar-refractivity contribution in [2.45, 2.75) is 38.8 Å². The zero-order valence-corrected chi connectivity index (χ0v) is 9.80. The Morgan fingerprint density at radius 1 is 1.59 bits per heavy atom. The molecule has 1 saturated carbocycles. The van der Waals surface area contributed by atoms with E-state index in [2.05, 4.69) is 10.2 Å². The van der Waals surface area contributed by atoms with Crippen LogP contribution in [0.15, 0.2) is 0 Å². The summed E-state index contributed by atoms with van der Waals surface area (Å²) in [6, 6.07) is -0.874. The van der Waals surface area contributed by atoms with E-state index in [1.165, 1.54) is 4.90 Å². The number of amides is 1. The van der Waals surface area contributed by atoms with Gasteiger partial charge in [0.05, 0.1) is 5.69 Å². The number of nitrogens with one attached hydrogen (secondary N) is 1. The Hall–Kier alpha value is -1.85.